The van der Waals surface area contributed by atoms with Gasteiger partial charge in [0.25, 0.3) is 10.1 Å². The first-order valence-electron chi connectivity index (χ1n) is 8.58. The maximum Gasteiger partial charge on any atom is 0.343 e. The Morgan fingerprint density at radius 3 is 2.07 bits per heavy atom. The third-order valence-corrected chi connectivity index (χ3v) is 4.46. The standard InChI is InChI=1S/C20H18O9S/c1-2-18(21)27-13-3-4-19(22)28-15-7-5-14(6-8-15)20(23)29-16-9-11-17(12-10-16)30(24,25)26/h2,5-12H,1,3-4,13H2,(H,24,25,26). The van der Waals surface area contributed by atoms with Crippen LogP contribution in [0.25, 0.3) is 0 Å². The van der Waals surface area contributed by atoms with Gasteiger partial charge in [0, 0.05) is 12.5 Å². The minimum atomic E-state index is -4.34. The van der Waals surface area contributed by atoms with Gasteiger partial charge in [-0.15, -0.1) is 0 Å². The summed E-state index contributed by atoms with van der Waals surface area (Å²) in [7, 11) is -4.34. The van der Waals surface area contributed by atoms with Crippen molar-refractivity contribution in [3.05, 3.63) is 66.7 Å². The third-order valence-electron chi connectivity index (χ3n) is 3.59. The van der Waals surface area contributed by atoms with Crippen LogP contribution in [0.15, 0.2) is 66.1 Å². The number of rotatable bonds is 9. The van der Waals surface area contributed by atoms with Crippen molar-refractivity contribution >= 4 is 28.0 Å². The van der Waals surface area contributed by atoms with Crippen LogP contribution < -0.4 is 9.47 Å². The summed E-state index contributed by atoms with van der Waals surface area (Å²) in [5.74, 6) is -1.51. The number of benzene rings is 2. The van der Waals surface area contributed by atoms with E-state index in [0.29, 0.717) is 6.42 Å². The van der Waals surface area contributed by atoms with Gasteiger partial charge in [-0.25, -0.2) is 9.59 Å². The van der Waals surface area contributed by atoms with E-state index in [4.69, 9.17) is 18.8 Å². The van der Waals surface area contributed by atoms with Crippen LogP contribution in [0.2, 0.25) is 0 Å². The van der Waals surface area contributed by atoms with E-state index in [1.54, 1.807) is 0 Å². The van der Waals surface area contributed by atoms with Crippen LogP contribution in [-0.2, 0) is 24.4 Å². The zero-order valence-electron chi connectivity index (χ0n) is 15.6. The highest BCUT2D eigenvalue weighted by Gasteiger charge is 2.13. The highest BCUT2D eigenvalue weighted by Crippen LogP contribution is 2.18. The average molecular weight is 434 g/mol. The summed E-state index contributed by atoms with van der Waals surface area (Å²) >= 11 is 0. The van der Waals surface area contributed by atoms with E-state index in [-0.39, 0.29) is 35.0 Å². The van der Waals surface area contributed by atoms with E-state index in [2.05, 4.69) is 6.58 Å². The van der Waals surface area contributed by atoms with Crippen molar-refractivity contribution in [2.24, 2.45) is 0 Å². The van der Waals surface area contributed by atoms with Crippen LogP contribution in [0.5, 0.6) is 11.5 Å². The quantitative estimate of drug-likeness (QED) is 0.208. The van der Waals surface area contributed by atoms with E-state index in [1.165, 1.54) is 36.4 Å². The van der Waals surface area contributed by atoms with Gasteiger partial charge in [0.05, 0.1) is 17.1 Å². The van der Waals surface area contributed by atoms with Gasteiger partial charge in [-0.2, -0.15) is 8.42 Å². The van der Waals surface area contributed by atoms with Crippen molar-refractivity contribution in [1.29, 1.82) is 0 Å². The summed E-state index contributed by atoms with van der Waals surface area (Å²) in [6.45, 7) is 3.32. The Kier molecular flexibility index (Phi) is 7.84. The first-order valence-corrected chi connectivity index (χ1v) is 10.0. The lowest BCUT2D eigenvalue weighted by Gasteiger charge is -2.07. The zero-order valence-corrected chi connectivity index (χ0v) is 16.5. The highest BCUT2D eigenvalue weighted by molar-refractivity contribution is 7.85. The summed E-state index contributed by atoms with van der Waals surface area (Å²) in [4.78, 5) is 34.4. The first-order chi connectivity index (χ1) is 14.2. The van der Waals surface area contributed by atoms with Crippen LogP contribution in [0, 0.1) is 0 Å². The molecule has 0 spiro atoms. The molecule has 0 atom stereocenters. The summed E-state index contributed by atoms with van der Waals surface area (Å²) in [6, 6.07) is 10.2. The fraction of sp³-hybridized carbons (Fsp3) is 0.150. The Labute approximate surface area is 172 Å². The fourth-order valence-electron chi connectivity index (χ4n) is 2.14. The minimum Gasteiger partial charge on any atom is -0.463 e. The number of hydrogen-bond donors (Lipinski definition) is 1. The normalized spacial score (nSPS) is 10.7. The molecule has 0 heterocycles. The average Bonchev–Trinajstić information content (AvgIpc) is 2.71. The van der Waals surface area contributed by atoms with Gasteiger partial charge in [-0.3, -0.25) is 9.35 Å². The molecule has 0 saturated carbocycles. The lowest BCUT2D eigenvalue weighted by Crippen LogP contribution is -2.11. The molecule has 30 heavy (non-hydrogen) atoms. The van der Waals surface area contributed by atoms with Crippen molar-refractivity contribution in [3.8, 4) is 11.5 Å². The lowest BCUT2D eigenvalue weighted by atomic mass is 10.2. The maximum absolute atomic E-state index is 12.1. The second-order valence-electron chi connectivity index (χ2n) is 5.81. The Morgan fingerprint density at radius 1 is 0.933 bits per heavy atom. The predicted molar refractivity (Wildman–Crippen MR) is 104 cm³/mol. The number of hydrogen-bond acceptors (Lipinski definition) is 8. The molecule has 0 amide bonds. The van der Waals surface area contributed by atoms with Crippen molar-refractivity contribution in [1.82, 2.24) is 0 Å². The summed E-state index contributed by atoms with van der Waals surface area (Å²) in [5.41, 5.74) is 0.171. The molecule has 2 aromatic carbocycles. The van der Waals surface area contributed by atoms with Crippen LogP contribution in [-0.4, -0.2) is 37.5 Å². The second-order valence-corrected chi connectivity index (χ2v) is 7.23. The lowest BCUT2D eigenvalue weighted by molar-refractivity contribution is -0.140. The number of carbonyl (C=O) groups excluding carboxylic acids is 3. The molecule has 0 unspecified atom stereocenters. The smallest absolute Gasteiger partial charge is 0.343 e. The topological polar surface area (TPSA) is 133 Å². The van der Waals surface area contributed by atoms with E-state index in [0.717, 1.165) is 18.2 Å². The zero-order chi connectivity index (χ0) is 22.1. The summed E-state index contributed by atoms with van der Waals surface area (Å²) in [5, 5.41) is 0. The second kappa shape index (κ2) is 10.3. The number of ether oxygens (including phenoxy) is 3. The van der Waals surface area contributed by atoms with Gasteiger partial charge in [0.15, 0.2) is 0 Å². The minimum absolute atomic E-state index is 0.0355. The molecule has 9 nitrogen and oxygen atoms in total. The first kappa shape index (κ1) is 22.8. The Hall–Kier alpha value is -3.50. The van der Waals surface area contributed by atoms with E-state index in [9.17, 15) is 22.8 Å². The third kappa shape index (κ3) is 7.15. The molecule has 0 aromatic heterocycles. The molecule has 2 rings (SSSR count). The van der Waals surface area contributed by atoms with Crippen molar-refractivity contribution in [2.75, 3.05) is 6.61 Å². The van der Waals surface area contributed by atoms with E-state index in [1.807, 2.05) is 0 Å². The van der Waals surface area contributed by atoms with Crippen LogP contribution >= 0.6 is 0 Å². The van der Waals surface area contributed by atoms with Crippen LogP contribution in [0.1, 0.15) is 23.2 Å². The molecule has 0 aliphatic carbocycles. The summed E-state index contributed by atoms with van der Waals surface area (Å²) in [6.07, 6.45) is 1.35. The number of esters is 3. The summed E-state index contributed by atoms with van der Waals surface area (Å²) < 4.78 is 45.9. The van der Waals surface area contributed by atoms with Crippen LogP contribution in [0.3, 0.4) is 0 Å². The predicted octanol–water partition coefficient (Wildman–Crippen LogP) is 2.57. The van der Waals surface area contributed by atoms with Gasteiger partial charge in [-0.05, 0) is 55.0 Å². The van der Waals surface area contributed by atoms with E-state index < -0.39 is 28.0 Å². The Balaban J connectivity index is 1.85. The molecule has 0 bridgehead atoms. The van der Waals surface area contributed by atoms with Crippen molar-refractivity contribution in [3.63, 3.8) is 0 Å². The molecule has 0 aliphatic rings. The van der Waals surface area contributed by atoms with Crippen molar-refractivity contribution < 1.29 is 41.6 Å². The molecule has 1 N–H and O–H groups in total. The van der Waals surface area contributed by atoms with Gasteiger partial charge in [0.2, 0.25) is 0 Å². The largest absolute Gasteiger partial charge is 0.463 e. The van der Waals surface area contributed by atoms with E-state index >= 15 is 0 Å². The van der Waals surface area contributed by atoms with Crippen LogP contribution in [0.4, 0.5) is 0 Å². The molecule has 158 valence electrons. The molecule has 0 fully saturated rings. The number of carbonyl (C=O) groups is 3. The monoisotopic (exact) mass is 434 g/mol. The molecule has 2 aromatic rings. The maximum atomic E-state index is 12.1. The van der Waals surface area contributed by atoms with Gasteiger partial charge in [-0.1, -0.05) is 6.58 Å². The van der Waals surface area contributed by atoms with Crippen molar-refractivity contribution in [2.45, 2.75) is 17.7 Å². The van der Waals surface area contributed by atoms with Gasteiger partial charge in [0.1, 0.15) is 11.5 Å². The molecule has 10 heteroatoms. The molecule has 0 saturated heterocycles. The highest BCUT2D eigenvalue weighted by atomic mass is 32.2. The fourth-order valence-corrected chi connectivity index (χ4v) is 2.62. The van der Waals surface area contributed by atoms with Gasteiger partial charge < -0.3 is 14.2 Å². The molecular weight excluding hydrogens is 416 g/mol. The molecule has 0 aliphatic heterocycles. The Bertz CT molecular complexity index is 1020. The van der Waals surface area contributed by atoms with Gasteiger partial charge >= 0.3 is 17.9 Å². The molecular formula is C20H18O9S. The molecule has 0 radical (unpaired) electrons. The Morgan fingerprint density at radius 2 is 1.50 bits per heavy atom. The SMILES string of the molecule is C=CC(=O)OCCCC(=O)Oc1ccc(C(=O)Oc2ccc(S(=O)(=O)O)cc2)cc1.